The van der Waals surface area contributed by atoms with E-state index in [2.05, 4.69) is 0 Å². The van der Waals surface area contributed by atoms with Crippen LogP contribution in [0.2, 0.25) is 0 Å². The van der Waals surface area contributed by atoms with Crippen molar-refractivity contribution >= 4 is 0 Å². The van der Waals surface area contributed by atoms with E-state index in [4.69, 9.17) is 9.84 Å². The molecule has 1 saturated carbocycles. The molecule has 0 spiro atoms. The van der Waals surface area contributed by atoms with E-state index >= 15 is 0 Å². The fourth-order valence-corrected chi connectivity index (χ4v) is 3.25. The summed E-state index contributed by atoms with van der Waals surface area (Å²) in [4.78, 5) is 0. The molecule has 0 aromatic carbocycles. The van der Waals surface area contributed by atoms with Gasteiger partial charge in [-0.1, -0.05) is 32.1 Å². The first-order valence-electron chi connectivity index (χ1n) is 6.60. The maximum Gasteiger partial charge on any atom is 0.0519 e. The maximum atomic E-state index is 8.95. The van der Waals surface area contributed by atoms with Gasteiger partial charge in [-0.2, -0.15) is 0 Å². The van der Waals surface area contributed by atoms with Gasteiger partial charge >= 0.3 is 0 Å². The summed E-state index contributed by atoms with van der Waals surface area (Å²) in [5.74, 6) is 2.57. The van der Waals surface area contributed by atoms with Crippen LogP contribution in [-0.4, -0.2) is 24.9 Å². The Morgan fingerprint density at radius 3 is 2.33 bits per heavy atom. The zero-order chi connectivity index (χ0) is 10.5. The van der Waals surface area contributed by atoms with Gasteiger partial charge in [0, 0.05) is 12.5 Å². The van der Waals surface area contributed by atoms with E-state index in [1.54, 1.807) is 0 Å². The van der Waals surface area contributed by atoms with E-state index in [-0.39, 0.29) is 0 Å². The Kier molecular flexibility index (Phi) is 4.45. The molecule has 2 rings (SSSR count). The Morgan fingerprint density at radius 2 is 1.80 bits per heavy atom. The highest BCUT2D eigenvalue weighted by Gasteiger charge is 2.34. The summed E-state index contributed by atoms with van der Waals surface area (Å²) in [5, 5.41) is 8.95. The van der Waals surface area contributed by atoms with Crippen molar-refractivity contribution in [2.75, 3.05) is 19.8 Å². The number of rotatable bonds is 5. The van der Waals surface area contributed by atoms with Crippen molar-refractivity contribution in [3.63, 3.8) is 0 Å². The van der Waals surface area contributed by atoms with E-state index in [1.807, 2.05) is 0 Å². The Morgan fingerprint density at radius 1 is 1.07 bits per heavy atom. The molecule has 1 heterocycles. The van der Waals surface area contributed by atoms with Gasteiger partial charge in [0.15, 0.2) is 0 Å². The van der Waals surface area contributed by atoms with Gasteiger partial charge in [0.05, 0.1) is 13.2 Å². The largest absolute Gasteiger partial charge is 0.396 e. The molecule has 1 aliphatic heterocycles. The molecule has 0 amide bonds. The monoisotopic (exact) mass is 212 g/mol. The molecule has 2 heteroatoms. The fourth-order valence-electron chi connectivity index (χ4n) is 3.25. The highest BCUT2D eigenvalue weighted by Crippen LogP contribution is 2.39. The minimum absolute atomic E-state index is 0.358. The van der Waals surface area contributed by atoms with Crippen molar-refractivity contribution in [2.45, 2.75) is 44.9 Å². The Labute approximate surface area is 93.0 Å². The lowest BCUT2D eigenvalue weighted by Gasteiger charge is -2.40. The number of aliphatic hydroxyl groups excluding tert-OH is 1. The summed E-state index contributed by atoms with van der Waals surface area (Å²) >= 11 is 0. The van der Waals surface area contributed by atoms with Crippen LogP contribution in [0.5, 0.6) is 0 Å². The third-order valence-corrected chi connectivity index (χ3v) is 4.22. The average molecular weight is 212 g/mol. The van der Waals surface area contributed by atoms with Crippen molar-refractivity contribution in [1.82, 2.24) is 0 Å². The molecule has 0 aromatic heterocycles. The maximum absolute atomic E-state index is 8.95. The molecule has 2 nitrogen and oxygen atoms in total. The molecule has 0 radical (unpaired) electrons. The first kappa shape index (κ1) is 11.4. The van der Waals surface area contributed by atoms with Gasteiger partial charge in [-0.15, -0.1) is 0 Å². The predicted molar refractivity (Wildman–Crippen MR) is 60.7 cm³/mol. The van der Waals surface area contributed by atoms with Crippen molar-refractivity contribution in [3.8, 4) is 0 Å². The fraction of sp³-hybridized carbons (Fsp3) is 1.00. The Balaban J connectivity index is 1.84. The van der Waals surface area contributed by atoms with E-state index < -0.39 is 0 Å². The summed E-state index contributed by atoms with van der Waals surface area (Å²) in [5.41, 5.74) is 0. The lowest BCUT2D eigenvalue weighted by atomic mass is 9.71. The summed E-state index contributed by atoms with van der Waals surface area (Å²) in [7, 11) is 0. The zero-order valence-electron chi connectivity index (χ0n) is 9.66. The topological polar surface area (TPSA) is 29.5 Å². The van der Waals surface area contributed by atoms with Crippen molar-refractivity contribution < 1.29 is 9.84 Å². The Hall–Kier alpha value is -0.0800. The zero-order valence-corrected chi connectivity index (χ0v) is 9.66. The molecular formula is C13H24O2. The number of hydrogen-bond acceptors (Lipinski definition) is 2. The van der Waals surface area contributed by atoms with Crippen LogP contribution in [0.15, 0.2) is 0 Å². The van der Waals surface area contributed by atoms with Gasteiger partial charge < -0.3 is 9.84 Å². The third-order valence-electron chi connectivity index (χ3n) is 4.22. The van der Waals surface area contributed by atoms with Crippen LogP contribution in [0.4, 0.5) is 0 Å². The molecule has 1 unspecified atom stereocenters. The summed E-state index contributed by atoms with van der Waals surface area (Å²) in [6, 6.07) is 0. The van der Waals surface area contributed by atoms with Gasteiger partial charge in [-0.05, 0) is 24.7 Å². The van der Waals surface area contributed by atoms with Crippen LogP contribution in [0, 0.1) is 17.8 Å². The average Bonchev–Trinajstić information content (AvgIpc) is 2.22. The molecule has 1 saturated heterocycles. The molecular weight excluding hydrogens is 188 g/mol. The highest BCUT2D eigenvalue weighted by atomic mass is 16.5. The van der Waals surface area contributed by atoms with E-state index in [0.717, 1.165) is 37.4 Å². The summed E-state index contributed by atoms with van der Waals surface area (Å²) < 4.78 is 5.32. The molecule has 2 aliphatic rings. The summed E-state index contributed by atoms with van der Waals surface area (Å²) in [6.07, 6.45) is 9.33. The van der Waals surface area contributed by atoms with Crippen LogP contribution < -0.4 is 0 Å². The lowest BCUT2D eigenvalue weighted by Crippen LogP contribution is -2.38. The Bertz CT molecular complexity index is 171. The standard InChI is InChI=1S/C13H24O2/c14-8-4-7-13(12-9-15-10-12)11-5-2-1-3-6-11/h11-14H,1-10H2. The molecule has 88 valence electrons. The smallest absolute Gasteiger partial charge is 0.0519 e. The molecule has 2 fully saturated rings. The quantitative estimate of drug-likeness (QED) is 0.759. The van der Waals surface area contributed by atoms with E-state index in [9.17, 15) is 0 Å². The molecule has 1 atom stereocenters. The lowest BCUT2D eigenvalue weighted by molar-refractivity contribution is -0.0796. The van der Waals surface area contributed by atoms with Crippen LogP contribution in [0.25, 0.3) is 0 Å². The molecule has 0 bridgehead atoms. The molecule has 1 aliphatic carbocycles. The SMILES string of the molecule is OCCCC(C1CCCCC1)C1COC1. The van der Waals surface area contributed by atoms with Crippen LogP contribution in [0.3, 0.4) is 0 Å². The molecule has 15 heavy (non-hydrogen) atoms. The van der Waals surface area contributed by atoms with Gasteiger partial charge in [0.2, 0.25) is 0 Å². The second-order valence-electron chi connectivity index (χ2n) is 5.23. The molecule has 0 aromatic rings. The van der Waals surface area contributed by atoms with Crippen molar-refractivity contribution in [3.05, 3.63) is 0 Å². The van der Waals surface area contributed by atoms with Crippen molar-refractivity contribution in [2.24, 2.45) is 17.8 Å². The summed E-state index contributed by atoms with van der Waals surface area (Å²) in [6.45, 7) is 2.32. The van der Waals surface area contributed by atoms with Gasteiger partial charge in [0.1, 0.15) is 0 Å². The predicted octanol–water partition coefficient (Wildman–Crippen LogP) is 2.60. The van der Waals surface area contributed by atoms with Crippen LogP contribution >= 0.6 is 0 Å². The first-order valence-corrected chi connectivity index (χ1v) is 6.60. The minimum Gasteiger partial charge on any atom is -0.396 e. The second kappa shape index (κ2) is 5.86. The van der Waals surface area contributed by atoms with Gasteiger partial charge in [-0.25, -0.2) is 0 Å². The highest BCUT2D eigenvalue weighted by molar-refractivity contribution is 4.82. The number of hydrogen-bond donors (Lipinski definition) is 1. The third kappa shape index (κ3) is 2.94. The van der Waals surface area contributed by atoms with Crippen LogP contribution in [0.1, 0.15) is 44.9 Å². The van der Waals surface area contributed by atoms with Crippen LogP contribution in [-0.2, 0) is 4.74 Å². The van der Waals surface area contributed by atoms with Gasteiger partial charge in [0.25, 0.3) is 0 Å². The van der Waals surface area contributed by atoms with Crippen molar-refractivity contribution in [1.29, 1.82) is 0 Å². The van der Waals surface area contributed by atoms with E-state index in [1.165, 1.54) is 38.5 Å². The minimum atomic E-state index is 0.358. The number of ether oxygens (including phenoxy) is 1. The number of aliphatic hydroxyl groups is 1. The first-order chi connectivity index (χ1) is 7.42. The normalized spacial score (nSPS) is 26.2. The second-order valence-corrected chi connectivity index (χ2v) is 5.23. The van der Waals surface area contributed by atoms with Gasteiger partial charge in [-0.3, -0.25) is 0 Å². The molecule has 1 N–H and O–H groups in total. The van der Waals surface area contributed by atoms with E-state index in [0.29, 0.717) is 6.61 Å².